The summed E-state index contributed by atoms with van der Waals surface area (Å²) in [6.07, 6.45) is -4.09. The lowest BCUT2D eigenvalue weighted by Crippen LogP contribution is -2.34. The van der Waals surface area contributed by atoms with E-state index in [9.17, 15) is 13.2 Å². The lowest BCUT2D eigenvalue weighted by molar-refractivity contribution is -0.124. The molecular formula is C6H13F3N2. The quantitative estimate of drug-likeness (QED) is 0.595. The minimum atomic E-state index is -4.09. The molecule has 0 saturated carbocycles. The fourth-order valence-electron chi connectivity index (χ4n) is 0.584. The Morgan fingerprint density at radius 1 is 1.09 bits per heavy atom. The number of hydrogen-bond donors (Lipinski definition) is 2. The first-order chi connectivity index (χ1) is 5.06. The zero-order valence-corrected chi connectivity index (χ0v) is 6.46. The molecule has 0 radical (unpaired) electrons. The summed E-state index contributed by atoms with van der Waals surface area (Å²) >= 11 is 0. The lowest BCUT2D eigenvalue weighted by Gasteiger charge is -2.07. The summed E-state index contributed by atoms with van der Waals surface area (Å²) in [4.78, 5) is 0. The van der Waals surface area contributed by atoms with Crippen molar-refractivity contribution < 1.29 is 13.2 Å². The van der Waals surface area contributed by atoms with Gasteiger partial charge in [-0.1, -0.05) is 6.92 Å². The van der Waals surface area contributed by atoms with E-state index in [4.69, 9.17) is 0 Å². The minimum Gasteiger partial charge on any atom is -0.316 e. The van der Waals surface area contributed by atoms with Crippen molar-refractivity contribution in [3.8, 4) is 0 Å². The molecule has 0 unspecified atom stereocenters. The van der Waals surface area contributed by atoms with Crippen LogP contribution in [0.15, 0.2) is 0 Å². The van der Waals surface area contributed by atoms with Gasteiger partial charge in [-0.15, -0.1) is 0 Å². The van der Waals surface area contributed by atoms with Crippen LogP contribution in [0.3, 0.4) is 0 Å². The molecule has 0 atom stereocenters. The molecule has 0 aromatic heterocycles. The van der Waals surface area contributed by atoms with Gasteiger partial charge in [0, 0.05) is 13.1 Å². The summed E-state index contributed by atoms with van der Waals surface area (Å²) in [5.74, 6) is 0. The van der Waals surface area contributed by atoms with Gasteiger partial charge in [0.05, 0.1) is 6.54 Å². The van der Waals surface area contributed by atoms with Crippen molar-refractivity contribution in [1.29, 1.82) is 0 Å². The van der Waals surface area contributed by atoms with Gasteiger partial charge in [-0.25, -0.2) is 0 Å². The third kappa shape index (κ3) is 9.71. The highest BCUT2D eigenvalue weighted by molar-refractivity contribution is 4.56. The highest BCUT2D eigenvalue weighted by Gasteiger charge is 2.25. The average Bonchev–Trinajstić information content (AvgIpc) is 1.85. The van der Waals surface area contributed by atoms with Crippen molar-refractivity contribution >= 4 is 0 Å². The second kappa shape index (κ2) is 5.37. The van der Waals surface area contributed by atoms with Crippen LogP contribution in [0.5, 0.6) is 0 Å². The molecule has 0 aliphatic rings. The lowest BCUT2D eigenvalue weighted by atomic mass is 10.5. The van der Waals surface area contributed by atoms with Crippen LogP contribution in [0, 0.1) is 0 Å². The van der Waals surface area contributed by atoms with Crippen LogP contribution < -0.4 is 10.6 Å². The highest BCUT2D eigenvalue weighted by atomic mass is 19.4. The Hall–Kier alpha value is -0.290. The molecule has 0 rings (SSSR count). The van der Waals surface area contributed by atoms with E-state index in [-0.39, 0.29) is 0 Å². The van der Waals surface area contributed by atoms with Crippen LogP contribution >= 0.6 is 0 Å². The number of rotatable bonds is 5. The number of nitrogens with one attached hydrogen (secondary N) is 2. The number of likely N-dealkylation sites (N-methyl/N-ethyl adjacent to an activating group) is 1. The predicted octanol–water partition coefficient (Wildman–Crippen LogP) is 0.748. The maximum atomic E-state index is 11.5. The molecule has 0 amide bonds. The topological polar surface area (TPSA) is 24.1 Å². The maximum Gasteiger partial charge on any atom is 0.401 e. The van der Waals surface area contributed by atoms with Gasteiger partial charge in [0.1, 0.15) is 0 Å². The second-order valence-corrected chi connectivity index (χ2v) is 2.15. The van der Waals surface area contributed by atoms with Crippen molar-refractivity contribution in [2.24, 2.45) is 0 Å². The first-order valence-corrected chi connectivity index (χ1v) is 3.54. The Bertz CT molecular complexity index is 92.3. The number of alkyl halides is 3. The van der Waals surface area contributed by atoms with Gasteiger partial charge in [0.25, 0.3) is 0 Å². The van der Waals surface area contributed by atoms with Crippen molar-refractivity contribution in [2.75, 3.05) is 26.2 Å². The Morgan fingerprint density at radius 3 is 2.09 bits per heavy atom. The first kappa shape index (κ1) is 10.7. The van der Waals surface area contributed by atoms with Gasteiger partial charge in [0.15, 0.2) is 0 Å². The third-order valence-corrected chi connectivity index (χ3v) is 1.05. The maximum absolute atomic E-state index is 11.5. The summed E-state index contributed by atoms with van der Waals surface area (Å²) in [5, 5.41) is 5.18. The van der Waals surface area contributed by atoms with E-state index in [1.165, 1.54) is 0 Å². The molecule has 0 aromatic carbocycles. The van der Waals surface area contributed by atoms with Crippen molar-refractivity contribution in [3.63, 3.8) is 0 Å². The molecule has 0 aliphatic heterocycles. The van der Waals surface area contributed by atoms with Crippen LogP contribution in [-0.2, 0) is 0 Å². The standard InChI is InChI=1S/C6H13F3N2/c1-2-10-3-4-11-5-6(7,8)9/h10-11H,2-5H2,1H3. The van der Waals surface area contributed by atoms with E-state index >= 15 is 0 Å². The van der Waals surface area contributed by atoms with Crippen molar-refractivity contribution in [1.82, 2.24) is 10.6 Å². The molecule has 0 aromatic rings. The summed E-state index contributed by atoms with van der Waals surface area (Å²) in [6.45, 7) is 2.72. The molecule has 0 aliphatic carbocycles. The van der Waals surface area contributed by atoms with Crippen LogP contribution in [0.4, 0.5) is 13.2 Å². The fraction of sp³-hybridized carbons (Fsp3) is 1.00. The molecule has 0 bridgehead atoms. The van der Waals surface area contributed by atoms with Crippen molar-refractivity contribution in [2.45, 2.75) is 13.1 Å². The zero-order chi connectivity index (χ0) is 8.74. The Morgan fingerprint density at radius 2 is 1.64 bits per heavy atom. The largest absolute Gasteiger partial charge is 0.401 e. The molecule has 68 valence electrons. The van der Waals surface area contributed by atoms with Gasteiger partial charge in [-0.3, -0.25) is 0 Å². The zero-order valence-electron chi connectivity index (χ0n) is 6.46. The van der Waals surface area contributed by atoms with Gasteiger partial charge < -0.3 is 10.6 Å². The monoisotopic (exact) mass is 170 g/mol. The third-order valence-electron chi connectivity index (χ3n) is 1.05. The van der Waals surface area contributed by atoms with Crippen molar-refractivity contribution in [3.05, 3.63) is 0 Å². The fourth-order valence-corrected chi connectivity index (χ4v) is 0.584. The molecule has 0 spiro atoms. The Labute approximate surface area is 64.2 Å². The normalized spacial score (nSPS) is 12.0. The number of hydrogen-bond acceptors (Lipinski definition) is 2. The number of halogens is 3. The van der Waals surface area contributed by atoms with Gasteiger partial charge >= 0.3 is 6.18 Å². The summed E-state index contributed by atoms with van der Waals surface area (Å²) in [5.41, 5.74) is 0. The van der Waals surface area contributed by atoms with Crippen LogP contribution in [0.2, 0.25) is 0 Å². The van der Waals surface area contributed by atoms with Gasteiger partial charge in [0.2, 0.25) is 0 Å². The molecule has 2 nitrogen and oxygen atoms in total. The van der Waals surface area contributed by atoms with Gasteiger partial charge in [-0.2, -0.15) is 13.2 Å². The smallest absolute Gasteiger partial charge is 0.316 e. The van der Waals surface area contributed by atoms with Crippen LogP contribution in [0.25, 0.3) is 0 Å². The first-order valence-electron chi connectivity index (χ1n) is 3.54. The molecule has 2 N–H and O–H groups in total. The molecule has 0 fully saturated rings. The molecule has 11 heavy (non-hydrogen) atoms. The minimum absolute atomic E-state index is 0.355. The van der Waals surface area contributed by atoms with E-state index in [0.29, 0.717) is 13.1 Å². The summed E-state index contributed by atoms with van der Waals surface area (Å²) < 4.78 is 34.4. The Balaban J connectivity index is 3.02. The summed E-state index contributed by atoms with van der Waals surface area (Å²) in [6, 6.07) is 0. The van der Waals surface area contributed by atoms with E-state index in [1.807, 2.05) is 6.92 Å². The SMILES string of the molecule is CCNCCNCC(F)(F)F. The highest BCUT2D eigenvalue weighted by Crippen LogP contribution is 2.11. The molecular weight excluding hydrogens is 157 g/mol. The van der Waals surface area contributed by atoms with Crippen LogP contribution in [-0.4, -0.2) is 32.4 Å². The molecule has 0 saturated heterocycles. The molecule has 5 heteroatoms. The predicted molar refractivity (Wildman–Crippen MR) is 37.5 cm³/mol. The van der Waals surface area contributed by atoms with Gasteiger partial charge in [-0.05, 0) is 6.54 Å². The average molecular weight is 170 g/mol. The van der Waals surface area contributed by atoms with E-state index < -0.39 is 12.7 Å². The summed E-state index contributed by atoms with van der Waals surface area (Å²) in [7, 11) is 0. The van der Waals surface area contributed by atoms with E-state index in [1.54, 1.807) is 0 Å². The van der Waals surface area contributed by atoms with E-state index in [0.717, 1.165) is 6.54 Å². The van der Waals surface area contributed by atoms with Crippen LogP contribution in [0.1, 0.15) is 6.92 Å². The molecule has 0 heterocycles. The Kier molecular flexibility index (Phi) is 5.23. The van der Waals surface area contributed by atoms with E-state index in [2.05, 4.69) is 10.6 Å². The second-order valence-electron chi connectivity index (χ2n) is 2.15.